The predicted octanol–water partition coefficient (Wildman–Crippen LogP) is 5.12. The molecule has 146 valence electrons. The highest BCUT2D eigenvalue weighted by molar-refractivity contribution is 5.52. The first-order valence-corrected chi connectivity index (χ1v) is 9.48. The maximum Gasteiger partial charge on any atom is 0.160 e. The molecule has 0 aliphatic carbocycles. The van der Waals surface area contributed by atoms with Crippen LogP contribution >= 0.6 is 0 Å². The lowest BCUT2D eigenvalue weighted by Gasteiger charge is -2.22. The minimum Gasteiger partial charge on any atom is -0.508 e. The largest absolute Gasteiger partial charge is 0.508 e. The summed E-state index contributed by atoms with van der Waals surface area (Å²) >= 11 is 0. The second kappa shape index (κ2) is 8.26. The Hall–Kier alpha value is -3.14. The number of aryl methyl sites for hydroxylation is 2. The van der Waals surface area contributed by atoms with Gasteiger partial charge in [-0.15, -0.1) is 0 Å². The minimum absolute atomic E-state index is 0.0879. The van der Waals surface area contributed by atoms with Gasteiger partial charge in [0, 0.05) is 5.92 Å². The standard InChI is InChI=1S/C24H26O4/c1-4-15-12-17(6-9-20(15)25)24(18-7-10-21(26)16(5-2)13-18)19-8-11-22(27)23(14-19)28-3/h6-14,24-27H,4-5H2,1-3H3. The van der Waals surface area contributed by atoms with Gasteiger partial charge in [0.2, 0.25) is 0 Å². The maximum absolute atomic E-state index is 10.1. The van der Waals surface area contributed by atoms with Crippen molar-refractivity contribution >= 4 is 0 Å². The number of hydrogen-bond acceptors (Lipinski definition) is 4. The number of aromatic hydroxyl groups is 3. The Morgan fingerprint density at radius 3 is 1.54 bits per heavy atom. The third kappa shape index (κ3) is 3.77. The summed E-state index contributed by atoms with van der Waals surface area (Å²) in [5.41, 5.74) is 4.76. The molecule has 0 spiro atoms. The highest BCUT2D eigenvalue weighted by Crippen LogP contribution is 2.39. The summed E-state index contributed by atoms with van der Waals surface area (Å²) in [6, 6.07) is 16.6. The second-order valence-electron chi connectivity index (χ2n) is 6.85. The van der Waals surface area contributed by atoms with Crippen LogP contribution in [0.25, 0.3) is 0 Å². The van der Waals surface area contributed by atoms with E-state index in [-0.39, 0.29) is 23.2 Å². The van der Waals surface area contributed by atoms with Gasteiger partial charge in [0.15, 0.2) is 11.5 Å². The molecule has 4 heteroatoms. The quantitative estimate of drug-likeness (QED) is 0.521. The molecule has 0 fully saturated rings. The third-order valence-corrected chi connectivity index (χ3v) is 5.17. The van der Waals surface area contributed by atoms with Gasteiger partial charge < -0.3 is 20.1 Å². The van der Waals surface area contributed by atoms with E-state index in [2.05, 4.69) is 0 Å². The van der Waals surface area contributed by atoms with Gasteiger partial charge in [-0.05, 0) is 64.9 Å². The van der Waals surface area contributed by atoms with Crippen molar-refractivity contribution in [3.63, 3.8) is 0 Å². The van der Waals surface area contributed by atoms with Crippen LogP contribution in [0, 0.1) is 0 Å². The monoisotopic (exact) mass is 378 g/mol. The van der Waals surface area contributed by atoms with E-state index >= 15 is 0 Å². The van der Waals surface area contributed by atoms with Crippen molar-refractivity contribution in [2.24, 2.45) is 0 Å². The lowest BCUT2D eigenvalue weighted by atomic mass is 9.83. The molecule has 0 atom stereocenters. The van der Waals surface area contributed by atoms with Crippen LogP contribution < -0.4 is 4.74 Å². The van der Waals surface area contributed by atoms with Crippen LogP contribution in [0.3, 0.4) is 0 Å². The molecule has 0 aromatic heterocycles. The summed E-state index contributed by atoms with van der Waals surface area (Å²) in [7, 11) is 1.53. The average Bonchev–Trinajstić information content (AvgIpc) is 2.71. The van der Waals surface area contributed by atoms with Crippen LogP contribution in [-0.4, -0.2) is 22.4 Å². The van der Waals surface area contributed by atoms with Crippen molar-refractivity contribution in [1.29, 1.82) is 0 Å². The van der Waals surface area contributed by atoms with Crippen molar-refractivity contribution in [2.75, 3.05) is 7.11 Å². The van der Waals surface area contributed by atoms with Gasteiger partial charge in [0.1, 0.15) is 11.5 Å². The van der Waals surface area contributed by atoms with Gasteiger partial charge in [0.05, 0.1) is 7.11 Å². The van der Waals surface area contributed by atoms with Crippen LogP contribution in [-0.2, 0) is 12.8 Å². The highest BCUT2D eigenvalue weighted by Gasteiger charge is 2.20. The zero-order valence-electron chi connectivity index (χ0n) is 16.4. The Morgan fingerprint density at radius 2 is 1.11 bits per heavy atom. The van der Waals surface area contributed by atoms with E-state index in [1.54, 1.807) is 18.2 Å². The van der Waals surface area contributed by atoms with E-state index in [0.717, 1.165) is 40.7 Å². The molecule has 0 amide bonds. The smallest absolute Gasteiger partial charge is 0.160 e. The number of methoxy groups -OCH3 is 1. The van der Waals surface area contributed by atoms with Crippen molar-refractivity contribution in [3.8, 4) is 23.0 Å². The van der Waals surface area contributed by atoms with Crippen molar-refractivity contribution in [3.05, 3.63) is 82.4 Å². The van der Waals surface area contributed by atoms with Crippen molar-refractivity contribution in [1.82, 2.24) is 0 Å². The highest BCUT2D eigenvalue weighted by atomic mass is 16.5. The SMILES string of the molecule is CCc1cc(C(c2ccc(O)c(CC)c2)c2ccc(O)c(OC)c2)ccc1O. The van der Waals surface area contributed by atoms with Gasteiger partial charge in [0.25, 0.3) is 0 Å². The molecular formula is C24H26O4. The van der Waals surface area contributed by atoms with Gasteiger partial charge in [-0.2, -0.15) is 0 Å². The normalized spacial score (nSPS) is 11.0. The molecule has 4 nitrogen and oxygen atoms in total. The van der Waals surface area contributed by atoms with E-state index in [9.17, 15) is 15.3 Å². The number of hydrogen-bond donors (Lipinski definition) is 3. The number of ether oxygens (including phenoxy) is 1. The van der Waals surface area contributed by atoms with Crippen LogP contribution in [0.1, 0.15) is 47.6 Å². The zero-order chi connectivity index (χ0) is 20.3. The van der Waals surface area contributed by atoms with Gasteiger partial charge >= 0.3 is 0 Å². The minimum atomic E-state index is -0.133. The molecule has 3 aromatic rings. The molecule has 0 unspecified atom stereocenters. The van der Waals surface area contributed by atoms with Crippen molar-refractivity contribution in [2.45, 2.75) is 32.6 Å². The fourth-order valence-electron chi connectivity index (χ4n) is 3.59. The number of phenolic OH excluding ortho intramolecular Hbond substituents is 3. The second-order valence-corrected chi connectivity index (χ2v) is 6.85. The number of rotatable bonds is 6. The fraction of sp³-hybridized carbons (Fsp3) is 0.250. The Bertz CT molecular complexity index is 851. The molecule has 0 saturated heterocycles. The Morgan fingerprint density at radius 1 is 0.679 bits per heavy atom. The summed E-state index contributed by atoms with van der Waals surface area (Å²) in [4.78, 5) is 0. The molecule has 0 saturated carbocycles. The molecule has 28 heavy (non-hydrogen) atoms. The first kappa shape index (κ1) is 19.6. The van der Waals surface area contributed by atoms with E-state index in [4.69, 9.17) is 4.74 Å². The lowest BCUT2D eigenvalue weighted by Crippen LogP contribution is -2.05. The van der Waals surface area contributed by atoms with Crippen molar-refractivity contribution < 1.29 is 20.1 Å². The molecular weight excluding hydrogens is 352 g/mol. The number of benzene rings is 3. The summed E-state index contributed by atoms with van der Waals surface area (Å²) in [5, 5.41) is 30.2. The van der Waals surface area contributed by atoms with E-state index < -0.39 is 0 Å². The lowest BCUT2D eigenvalue weighted by molar-refractivity contribution is 0.373. The summed E-state index contributed by atoms with van der Waals surface area (Å²) in [5.74, 6) is 0.934. The molecule has 3 rings (SSSR count). The summed E-state index contributed by atoms with van der Waals surface area (Å²) < 4.78 is 5.31. The van der Waals surface area contributed by atoms with E-state index in [1.165, 1.54) is 7.11 Å². The molecule has 0 aliphatic rings. The summed E-state index contributed by atoms with van der Waals surface area (Å²) in [6.45, 7) is 4.01. The van der Waals surface area contributed by atoms with Gasteiger partial charge in [-0.1, -0.05) is 44.2 Å². The Kier molecular flexibility index (Phi) is 5.78. The van der Waals surface area contributed by atoms with Gasteiger partial charge in [-0.25, -0.2) is 0 Å². The summed E-state index contributed by atoms with van der Waals surface area (Å²) in [6.07, 6.45) is 1.45. The van der Waals surface area contributed by atoms with Crippen LogP contribution in [0.15, 0.2) is 54.6 Å². The topological polar surface area (TPSA) is 69.9 Å². The molecule has 0 aliphatic heterocycles. The zero-order valence-corrected chi connectivity index (χ0v) is 16.4. The molecule has 3 aromatic carbocycles. The molecule has 0 heterocycles. The third-order valence-electron chi connectivity index (χ3n) is 5.17. The maximum atomic E-state index is 10.1. The molecule has 0 bridgehead atoms. The van der Waals surface area contributed by atoms with Crippen LogP contribution in [0.4, 0.5) is 0 Å². The fourth-order valence-corrected chi connectivity index (χ4v) is 3.59. The van der Waals surface area contributed by atoms with Gasteiger partial charge in [-0.3, -0.25) is 0 Å². The van der Waals surface area contributed by atoms with E-state index in [0.29, 0.717) is 5.75 Å². The Balaban J connectivity index is 2.22. The molecule has 3 N–H and O–H groups in total. The van der Waals surface area contributed by atoms with Crippen LogP contribution in [0.2, 0.25) is 0 Å². The van der Waals surface area contributed by atoms with Crippen LogP contribution in [0.5, 0.6) is 23.0 Å². The Labute approximate surface area is 165 Å². The predicted molar refractivity (Wildman–Crippen MR) is 111 cm³/mol. The first-order valence-electron chi connectivity index (χ1n) is 9.48. The number of phenols is 3. The average molecular weight is 378 g/mol. The first-order chi connectivity index (χ1) is 13.5. The molecule has 0 radical (unpaired) electrons. The van der Waals surface area contributed by atoms with E-state index in [1.807, 2.05) is 50.2 Å².